The van der Waals surface area contributed by atoms with Crippen molar-refractivity contribution in [3.05, 3.63) is 28.5 Å². The zero-order chi connectivity index (χ0) is 7.40. The van der Waals surface area contributed by atoms with Crippen molar-refractivity contribution < 1.29 is 5.11 Å². The Hall–Kier alpha value is 0.130. The maximum absolute atomic E-state index is 8.56. The monoisotopic (exact) mass is 266 g/mol. The summed E-state index contributed by atoms with van der Waals surface area (Å²) in [5.74, 6) is 0. The van der Waals surface area contributed by atoms with Gasteiger partial charge in [-0.1, -0.05) is 0 Å². The lowest BCUT2D eigenvalue weighted by molar-refractivity contribution is 0.343. The number of aliphatic hydroxyl groups excluding tert-OH is 1. The van der Waals surface area contributed by atoms with Gasteiger partial charge in [0.25, 0.3) is 0 Å². The van der Waals surface area contributed by atoms with Crippen molar-refractivity contribution in [3.8, 4) is 0 Å². The van der Waals surface area contributed by atoms with Gasteiger partial charge in [-0.2, -0.15) is 11.3 Å². The van der Waals surface area contributed by atoms with Crippen LogP contribution in [-0.4, -0.2) is 11.7 Å². The van der Waals surface area contributed by atoms with Crippen molar-refractivity contribution in [2.75, 3.05) is 6.61 Å². The molecule has 0 aliphatic rings. The molecule has 54 valence electrons. The molecule has 0 unspecified atom stereocenters. The molecule has 1 aromatic rings. The van der Waals surface area contributed by atoms with Gasteiger partial charge in [0.1, 0.15) is 0 Å². The average Bonchev–Trinajstić information content (AvgIpc) is 2.38. The lowest BCUT2D eigenvalue weighted by atomic mass is 10.3. The van der Waals surface area contributed by atoms with Gasteiger partial charge in [-0.3, -0.25) is 0 Å². The van der Waals surface area contributed by atoms with Gasteiger partial charge in [0.2, 0.25) is 0 Å². The molecule has 3 heteroatoms. The molecular weight excluding hydrogens is 259 g/mol. The molecule has 0 saturated heterocycles. The summed E-state index contributed by atoms with van der Waals surface area (Å²) < 4.78 is 1.11. The van der Waals surface area contributed by atoms with E-state index in [9.17, 15) is 0 Å². The fourth-order valence-electron chi connectivity index (χ4n) is 0.598. The maximum atomic E-state index is 8.56. The Morgan fingerprint density at radius 3 is 3.10 bits per heavy atom. The largest absolute Gasteiger partial charge is 0.392 e. The van der Waals surface area contributed by atoms with E-state index in [0.29, 0.717) is 0 Å². The van der Waals surface area contributed by atoms with Crippen molar-refractivity contribution in [1.29, 1.82) is 0 Å². The number of thiophene rings is 1. The van der Waals surface area contributed by atoms with Crippen molar-refractivity contribution in [2.24, 2.45) is 0 Å². The van der Waals surface area contributed by atoms with Crippen LogP contribution in [0.15, 0.2) is 22.9 Å². The van der Waals surface area contributed by atoms with Gasteiger partial charge in [-0.05, 0) is 51.1 Å². The Kier molecular flexibility index (Phi) is 3.37. The van der Waals surface area contributed by atoms with E-state index < -0.39 is 0 Å². The van der Waals surface area contributed by atoms with E-state index in [-0.39, 0.29) is 6.61 Å². The molecule has 0 spiro atoms. The third-order valence-corrected chi connectivity index (χ3v) is 2.81. The first-order valence-electron chi connectivity index (χ1n) is 2.83. The van der Waals surface area contributed by atoms with Gasteiger partial charge >= 0.3 is 0 Å². The van der Waals surface area contributed by atoms with E-state index in [2.05, 4.69) is 28.0 Å². The molecule has 0 saturated carbocycles. The minimum Gasteiger partial charge on any atom is -0.392 e. The Labute approximate surface area is 77.5 Å². The molecule has 0 fully saturated rings. The van der Waals surface area contributed by atoms with Crippen LogP contribution in [0.4, 0.5) is 0 Å². The molecular formula is C7H7IOS. The predicted octanol–water partition coefficient (Wildman–Crippen LogP) is 2.52. The Balaban J connectivity index is 2.77. The third-order valence-electron chi connectivity index (χ3n) is 1.07. The zero-order valence-electron chi connectivity index (χ0n) is 5.25. The van der Waals surface area contributed by atoms with Gasteiger partial charge in [0.05, 0.1) is 6.61 Å². The van der Waals surface area contributed by atoms with Crippen molar-refractivity contribution in [3.63, 3.8) is 0 Å². The number of aliphatic hydroxyl groups is 1. The lowest BCUT2D eigenvalue weighted by Crippen LogP contribution is -1.74. The molecule has 1 aromatic heterocycles. The SMILES string of the molecule is OC/C=C(\I)c1ccsc1. The molecule has 0 atom stereocenters. The number of rotatable bonds is 2. The van der Waals surface area contributed by atoms with E-state index in [4.69, 9.17) is 5.11 Å². The van der Waals surface area contributed by atoms with E-state index in [0.717, 1.165) is 3.58 Å². The second kappa shape index (κ2) is 4.10. The fourth-order valence-corrected chi connectivity index (χ4v) is 2.00. The quantitative estimate of drug-likeness (QED) is 0.815. The topological polar surface area (TPSA) is 20.2 Å². The van der Waals surface area contributed by atoms with Gasteiger partial charge in [0.15, 0.2) is 0 Å². The highest BCUT2D eigenvalue weighted by molar-refractivity contribution is 14.1. The molecule has 0 aromatic carbocycles. The highest BCUT2D eigenvalue weighted by Gasteiger charge is 1.94. The highest BCUT2D eigenvalue weighted by atomic mass is 127. The summed E-state index contributed by atoms with van der Waals surface area (Å²) in [6.45, 7) is 0.119. The van der Waals surface area contributed by atoms with Crippen LogP contribution in [0.1, 0.15) is 5.56 Å². The normalized spacial score (nSPS) is 12.0. The standard InChI is InChI=1S/C7H7IOS/c8-7(1-3-9)6-2-4-10-5-6/h1-2,4-5,9H,3H2/b7-1-. The summed E-state index contributed by atoms with van der Waals surface area (Å²) in [5, 5.41) is 12.6. The molecule has 1 N–H and O–H groups in total. The van der Waals surface area contributed by atoms with Crippen LogP contribution < -0.4 is 0 Å². The first-order chi connectivity index (χ1) is 4.84. The van der Waals surface area contributed by atoms with E-state index in [1.807, 2.05) is 11.4 Å². The number of hydrogen-bond acceptors (Lipinski definition) is 2. The second-order valence-corrected chi connectivity index (χ2v) is 3.69. The van der Waals surface area contributed by atoms with Crippen LogP contribution in [0, 0.1) is 0 Å². The van der Waals surface area contributed by atoms with E-state index in [1.54, 1.807) is 17.4 Å². The second-order valence-electron chi connectivity index (χ2n) is 1.75. The minimum absolute atomic E-state index is 0.119. The van der Waals surface area contributed by atoms with E-state index in [1.165, 1.54) is 5.56 Å². The molecule has 1 heterocycles. The summed E-state index contributed by atoms with van der Waals surface area (Å²) in [4.78, 5) is 0. The van der Waals surface area contributed by atoms with Crippen molar-refractivity contribution in [1.82, 2.24) is 0 Å². The van der Waals surface area contributed by atoms with Gasteiger partial charge < -0.3 is 5.11 Å². The Morgan fingerprint density at radius 1 is 1.80 bits per heavy atom. The zero-order valence-corrected chi connectivity index (χ0v) is 8.22. The summed E-state index contributed by atoms with van der Waals surface area (Å²) in [5.41, 5.74) is 1.19. The molecule has 0 bridgehead atoms. The van der Waals surface area contributed by atoms with Crippen LogP contribution in [0.25, 0.3) is 3.58 Å². The predicted molar refractivity (Wildman–Crippen MR) is 53.4 cm³/mol. The average molecular weight is 266 g/mol. The van der Waals surface area contributed by atoms with Crippen molar-refractivity contribution in [2.45, 2.75) is 0 Å². The molecule has 1 rings (SSSR count). The fraction of sp³-hybridized carbons (Fsp3) is 0.143. The lowest BCUT2D eigenvalue weighted by Gasteiger charge is -1.90. The van der Waals surface area contributed by atoms with Crippen molar-refractivity contribution >= 4 is 37.5 Å². The molecule has 0 amide bonds. The Morgan fingerprint density at radius 2 is 2.60 bits per heavy atom. The molecule has 1 nitrogen and oxygen atoms in total. The van der Waals surface area contributed by atoms with Crippen LogP contribution in [0.2, 0.25) is 0 Å². The Bertz CT molecular complexity index is 216. The summed E-state index contributed by atoms with van der Waals surface area (Å²) in [6.07, 6.45) is 1.79. The maximum Gasteiger partial charge on any atom is 0.0625 e. The van der Waals surface area contributed by atoms with Gasteiger partial charge in [0, 0.05) is 3.58 Å². The molecule has 10 heavy (non-hydrogen) atoms. The third kappa shape index (κ3) is 2.07. The first kappa shape index (κ1) is 8.23. The molecule has 0 aliphatic carbocycles. The van der Waals surface area contributed by atoms with Gasteiger partial charge in [-0.25, -0.2) is 0 Å². The smallest absolute Gasteiger partial charge is 0.0625 e. The minimum atomic E-state index is 0.119. The van der Waals surface area contributed by atoms with Crippen LogP contribution in [0.3, 0.4) is 0 Å². The number of hydrogen-bond donors (Lipinski definition) is 1. The van der Waals surface area contributed by atoms with E-state index >= 15 is 0 Å². The molecule has 0 aliphatic heterocycles. The summed E-state index contributed by atoms with van der Waals surface area (Å²) in [7, 11) is 0. The van der Waals surface area contributed by atoms with Gasteiger partial charge in [-0.15, -0.1) is 0 Å². The van der Waals surface area contributed by atoms with Crippen LogP contribution >= 0.6 is 33.9 Å². The number of halogens is 1. The highest BCUT2D eigenvalue weighted by Crippen LogP contribution is 2.23. The summed E-state index contributed by atoms with van der Waals surface area (Å²) >= 11 is 3.88. The van der Waals surface area contributed by atoms with Crippen LogP contribution in [-0.2, 0) is 0 Å². The summed E-state index contributed by atoms with van der Waals surface area (Å²) in [6, 6.07) is 2.04. The first-order valence-corrected chi connectivity index (χ1v) is 4.86. The molecule has 0 radical (unpaired) electrons. The van der Waals surface area contributed by atoms with Crippen LogP contribution in [0.5, 0.6) is 0 Å².